The van der Waals surface area contributed by atoms with Crippen molar-refractivity contribution in [1.82, 2.24) is 9.88 Å². The zero-order chi connectivity index (χ0) is 11.4. The molecule has 0 saturated carbocycles. The van der Waals surface area contributed by atoms with Gasteiger partial charge in [0.2, 0.25) is 0 Å². The predicted octanol–water partition coefficient (Wildman–Crippen LogP) is 2.50. The van der Waals surface area contributed by atoms with E-state index in [1.54, 1.807) is 0 Å². The van der Waals surface area contributed by atoms with Crippen LogP contribution in [-0.2, 0) is 6.54 Å². The summed E-state index contributed by atoms with van der Waals surface area (Å²) < 4.78 is 0. The van der Waals surface area contributed by atoms with Gasteiger partial charge in [-0.1, -0.05) is 13.0 Å². The van der Waals surface area contributed by atoms with Crippen LogP contribution in [-0.4, -0.2) is 29.5 Å². The van der Waals surface area contributed by atoms with Crippen LogP contribution >= 0.6 is 0 Å². The highest BCUT2D eigenvalue weighted by Crippen LogP contribution is 2.22. The summed E-state index contributed by atoms with van der Waals surface area (Å²) in [6, 6.07) is 5.00. The maximum absolute atomic E-state index is 4.35. The molecule has 1 saturated heterocycles. The summed E-state index contributed by atoms with van der Waals surface area (Å²) in [5, 5.41) is 3.04. The minimum absolute atomic E-state index is 0.781. The first-order chi connectivity index (χ1) is 7.83. The second kappa shape index (κ2) is 5.30. The molecule has 0 aromatic carbocycles. The van der Waals surface area contributed by atoms with Crippen LogP contribution in [0.1, 0.15) is 31.7 Å². The summed E-state index contributed by atoms with van der Waals surface area (Å²) in [4.78, 5) is 6.93. The predicted molar refractivity (Wildman–Crippen MR) is 67.5 cm³/mol. The molecule has 1 fully saturated rings. The number of rotatable bonds is 4. The average Bonchev–Trinajstić information content (AvgIpc) is 2.77. The number of pyridine rings is 1. The Morgan fingerprint density at radius 3 is 3.00 bits per heavy atom. The zero-order valence-electron chi connectivity index (χ0n) is 10.2. The third kappa shape index (κ3) is 2.53. The van der Waals surface area contributed by atoms with Gasteiger partial charge in [-0.3, -0.25) is 4.90 Å². The van der Waals surface area contributed by atoms with Crippen molar-refractivity contribution in [3.63, 3.8) is 0 Å². The van der Waals surface area contributed by atoms with Gasteiger partial charge >= 0.3 is 0 Å². The first-order valence-corrected chi connectivity index (χ1v) is 6.20. The highest BCUT2D eigenvalue weighted by molar-refractivity contribution is 5.34. The Hall–Kier alpha value is -1.09. The van der Waals surface area contributed by atoms with Gasteiger partial charge in [-0.25, -0.2) is 4.98 Å². The highest BCUT2D eigenvalue weighted by atomic mass is 15.2. The summed E-state index contributed by atoms with van der Waals surface area (Å²) in [7, 11) is 1.90. The standard InChI is InChI=1S/C13H21N3/c1-3-12-5-4-8-16(12)10-11-6-7-13(14-2)15-9-11/h6-7,9,12H,3-5,8,10H2,1-2H3,(H,14,15). The quantitative estimate of drug-likeness (QED) is 0.843. The van der Waals surface area contributed by atoms with Crippen molar-refractivity contribution in [2.24, 2.45) is 0 Å². The van der Waals surface area contributed by atoms with Gasteiger partial charge in [0.15, 0.2) is 0 Å². The second-order valence-electron chi connectivity index (χ2n) is 4.48. The SMILES string of the molecule is CCC1CCCN1Cc1ccc(NC)nc1. The van der Waals surface area contributed by atoms with Crippen LogP contribution < -0.4 is 5.32 Å². The van der Waals surface area contributed by atoms with Gasteiger partial charge in [-0.05, 0) is 37.4 Å². The number of anilines is 1. The molecule has 3 heteroatoms. The molecule has 2 rings (SSSR count). The molecule has 1 aromatic heterocycles. The van der Waals surface area contributed by atoms with Crippen molar-refractivity contribution in [2.45, 2.75) is 38.8 Å². The van der Waals surface area contributed by atoms with Crippen LogP contribution in [0.5, 0.6) is 0 Å². The van der Waals surface area contributed by atoms with Crippen LogP contribution in [0.15, 0.2) is 18.3 Å². The molecule has 3 nitrogen and oxygen atoms in total. The monoisotopic (exact) mass is 219 g/mol. The molecule has 16 heavy (non-hydrogen) atoms. The third-order valence-electron chi connectivity index (χ3n) is 3.44. The second-order valence-corrected chi connectivity index (χ2v) is 4.48. The Morgan fingerprint density at radius 2 is 2.38 bits per heavy atom. The first-order valence-electron chi connectivity index (χ1n) is 6.20. The molecule has 0 radical (unpaired) electrons. The molecule has 0 aliphatic carbocycles. The molecular weight excluding hydrogens is 198 g/mol. The van der Waals surface area contributed by atoms with Gasteiger partial charge in [-0.15, -0.1) is 0 Å². The minimum atomic E-state index is 0.781. The lowest BCUT2D eigenvalue weighted by atomic mass is 10.1. The molecule has 2 heterocycles. The summed E-state index contributed by atoms with van der Waals surface area (Å²) in [5.74, 6) is 0.942. The third-order valence-corrected chi connectivity index (χ3v) is 3.44. The Morgan fingerprint density at radius 1 is 1.50 bits per heavy atom. The fraction of sp³-hybridized carbons (Fsp3) is 0.615. The lowest BCUT2D eigenvalue weighted by Crippen LogP contribution is -2.28. The zero-order valence-corrected chi connectivity index (χ0v) is 10.2. The summed E-state index contributed by atoms with van der Waals surface area (Å²) >= 11 is 0. The van der Waals surface area contributed by atoms with Crippen LogP contribution in [0, 0.1) is 0 Å². The number of hydrogen-bond donors (Lipinski definition) is 1. The molecule has 1 unspecified atom stereocenters. The molecule has 88 valence electrons. The number of nitrogens with one attached hydrogen (secondary N) is 1. The summed E-state index contributed by atoms with van der Waals surface area (Å²) in [6.07, 6.45) is 5.96. The normalized spacial score (nSPS) is 21.2. The lowest BCUT2D eigenvalue weighted by molar-refractivity contribution is 0.240. The summed E-state index contributed by atoms with van der Waals surface area (Å²) in [6.45, 7) is 4.58. The maximum Gasteiger partial charge on any atom is 0.125 e. The van der Waals surface area contributed by atoms with Crippen molar-refractivity contribution >= 4 is 5.82 Å². The van der Waals surface area contributed by atoms with Gasteiger partial charge in [0.25, 0.3) is 0 Å². The smallest absolute Gasteiger partial charge is 0.125 e. The molecular formula is C13H21N3. The lowest BCUT2D eigenvalue weighted by Gasteiger charge is -2.23. The van der Waals surface area contributed by atoms with E-state index in [0.29, 0.717) is 0 Å². The molecule has 1 aromatic rings. The first kappa shape index (κ1) is 11.4. The number of aromatic nitrogens is 1. The minimum Gasteiger partial charge on any atom is -0.373 e. The average molecular weight is 219 g/mol. The summed E-state index contributed by atoms with van der Waals surface area (Å²) in [5.41, 5.74) is 1.32. The van der Waals surface area contributed by atoms with Gasteiger partial charge < -0.3 is 5.32 Å². The fourth-order valence-corrected chi connectivity index (χ4v) is 2.47. The van der Waals surface area contributed by atoms with E-state index >= 15 is 0 Å². The van der Waals surface area contributed by atoms with E-state index in [0.717, 1.165) is 18.4 Å². The van der Waals surface area contributed by atoms with Crippen molar-refractivity contribution in [1.29, 1.82) is 0 Å². The van der Waals surface area contributed by atoms with E-state index in [9.17, 15) is 0 Å². The van der Waals surface area contributed by atoms with E-state index in [2.05, 4.69) is 28.2 Å². The van der Waals surface area contributed by atoms with E-state index < -0.39 is 0 Å². The van der Waals surface area contributed by atoms with Crippen molar-refractivity contribution in [2.75, 3.05) is 18.9 Å². The van der Waals surface area contributed by atoms with Gasteiger partial charge in [-0.2, -0.15) is 0 Å². The van der Waals surface area contributed by atoms with Crippen LogP contribution in [0.25, 0.3) is 0 Å². The Labute approximate surface area is 97.9 Å². The molecule has 0 bridgehead atoms. The van der Waals surface area contributed by atoms with Gasteiger partial charge in [0.1, 0.15) is 5.82 Å². The number of likely N-dealkylation sites (tertiary alicyclic amines) is 1. The topological polar surface area (TPSA) is 28.2 Å². The largest absolute Gasteiger partial charge is 0.373 e. The molecule has 1 aliphatic rings. The Bertz CT molecular complexity index is 320. The van der Waals surface area contributed by atoms with Crippen molar-refractivity contribution in [3.8, 4) is 0 Å². The van der Waals surface area contributed by atoms with Crippen molar-refractivity contribution < 1.29 is 0 Å². The molecule has 1 atom stereocenters. The van der Waals surface area contributed by atoms with Crippen LogP contribution in [0.3, 0.4) is 0 Å². The highest BCUT2D eigenvalue weighted by Gasteiger charge is 2.22. The van der Waals surface area contributed by atoms with Gasteiger partial charge in [0, 0.05) is 25.8 Å². The van der Waals surface area contributed by atoms with E-state index in [1.165, 1.54) is 31.4 Å². The van der Waals surface area contributed by atoms with Crippen LogP contribution in [0.2, 0.25) is 0 Å². The van der Waals surface area contributed by atoms with Crippen molar-refractivity contribution in [3.05, 3.63) is 23.9 Å². The number of nitrogens with zero attached hydrogens (tertiary/aromatic N) is 2. The number of hydrogen-bond acceptors (Lipinski definition) is 3. The van der Waals surface area contributed by atoms with Gasteiger partial charge in [0.05, 0.1) is 0 Å². The Balaban J connectivity index is 1.97. The molecule has 0 amide bonds. The molecule has 1 N–H and O–H groups in total. The molecule has 1 aliphatic heterocycles. The van der Waals surface area contributed by atoms with E-state index in [4.69, 9.17) is 0 Å². The maximum atomic E-state index is 4.35. The van der Waals surface area contributed by atoms with Crippen LogP contribution in [0.4, 0.5) is 5.82 Å². The van der Waals surface area contributed by atoms with E-state index in [-0.39, 0.29) is 0 Å². The molecule has 0 spiro atoms. The Kier molecular flexibility index (Phi) is 3.78. The fourth-order valence-electron chi connectivity index (χ4n) is 2.47. The van der Waals surface area contributed by atoms with E-state index in [1.807, 2.05) is 19.3 Å².